The second kappa shape index (κ2) is 7.07. The molecule has 2 aromatic rings. The Morgan fingerprint density at radius 3 is 2.66 bits per heavy atom. The van der Waals surface area contributed by atoms with Gasteiger partial charge < -0.3 is 21.1 Å². The number of pyridine rings is 1. The number of carbonyl (C=O) groups excluding carboxylic acids is 1. The van der Waals surface area contributed by atoms with Gasteiger partial charge in [-0.25, -0.2) is 4.98 Å². The number of ether oxygens (including phenoxy) is 1. The highest BCUT2D eigenvalue weighted by Gasteiger charge is 2.46. The number of nitrogens with two attached hydrogens (primary N) is 2. The molecule has 4 heterocycles. The predicted molar refractivity (Wildman–Crippen MR) is 114 cm³/mol. The molecule has 3 aliphatic rings. The third kappa shape index (κ3) is 3.25. The van der Waals surface area contributed by atoms with Crippen LogP contribution in [0.15, 0.2) is 24.3 Å². The molecular weight excluding hydrogens is 384 g/mol. The zero-order chi connectivity index (χ0) is 20.1. The molecule has 0 radical (unpaired) electrons. The highest BCUT2D eigenvalue weighted by atomic mass is 32.1. The zero-order valence-corrected chi connectivity index (χ0v) is 17.5. The smallest absolute Gasteiger partial charge is 0.242 e. The maximum Gasteiger partial charge on any atom is 0.242 e. The third-order valence-electron chi connectivity index (χ3n) is 6.81. The Morgan fingerprint density at radius 2 is 1.93 bits per heavy atom. The number of thiophene rings is 1. The van der Waals surface area contributed by atoms with E-state index >= 15 is 0 Å². The number of fused-ring (bicyclic) bond motifs is 2. The van der Waals surface area contributed by atoms with E-state index in [0.29, 0.717) is 18.9 Å². The van der Waals surface area contributed by atoms with Crippen LogP contribution < -0.4 is 11.5 Å². The lowest BCUT2D eigenvalue weighted by Crippen LogP contribution is -2.57. The van der Waals surface area contributed by atoms with Crippen molar-refractivity contribution in [2.75, 3.05) is 25.4 Å². The fourth-order valence-electron chi connectivity index (χ4n) is 5.15. The summed E-state index contributed by atoms with van der Waals surface area (Å²) in [7, 11) is 0. The number of hydrogen-bond acceptors (Lipinski definition) is 6. The number of aromatic nitrogens is 1. The van der Waals surface area contributed by atoms with Crippen LogP contribution in [0.5, 0.6) is 0 Å². The van der Waals surface area contributed by atoms with Crippen molar-refractivity contribution >= 4 is 23.1 Å². The van der Waals surface area contributed by atoms with Crippen molar-refractivity contribution in [2.24, 2.45) is 5.73 Å². The quantitative estimate of drug-likeness (QED) is 0.791. The minimum Gasteiger partial charge on any atom is -0.384 e. The van der Waals surface area contributed by atoms with Gasteiger partial charge >= 0.3 is 0 Å². The topological polar surface area (TPSA) is 94.5 Å². The average Bonchev–Trinajstić information content (AvgIpc) is 3.36. The number of anilines is 1. The van der Waals surface area contributed by atoms with E-state index in [1.54, 1.807) is 11.3 Å². The molecule has 2 fully saturated rings. The number of amides is 1. The van der Waals surface area contributed by atoms with Gasteiger partial charge in [0.1, 0.15) is 5.82 Å². The van der Waals surface area contributed by atoms with Gasteiger partial charge in [-0.3, -0.25) is 4.79 Å². The first-order valence-electron chi connectivity index (χ1n) is 10.6. The molecule has 0 bridgehead atoms. The molecule has 1 saturated heterocycles. The molecule has 0 aromatic carbocycles. The summed E-state index contributed by atoms with van der Waals surface area (Å²) < 4.78 is 6.38. The maximum absolute atomic E-state index is 13.0. The number of nitrogen functional groups attached to an aromatic ring is 1. The number of nitrogens with zero attached hydrogens (tertiary/aromatic N) is 2. The Kier molecular flexibility index (Phi) is 4.64. The summed E-state index contributed by atoms with van der Waals surface area (Å²) in [4.78, 5) is 22.0. The molecule has 0 atom stereocenters. The van der Waals surface area contributed by atoms with Gasteiger partial charge in [-0.05, 0) is 49.4 Å². The second-order valence-electron chi connectivity index (χ2n) is 8.64. The van der Waals surface area contributed by atoms with Crippen LogP contribution in [0, 0.1) is 0 Å². The normalized spacial score (nSPS) is 22.6. The molecule has 29 heavy (non-hydrogen) atoms. The third-order valence-corrected chi connectivity index (χ3v) is 8.03. The van der Waals surface area contributed by atoms with E-state index in [9.17, 15) is 4.79 Å². The highest BCUT2D eigenvalue weighted by molar-refractivity contribution is 7.15. The van der Waals surface area contributed by atoms with Crippen molar-refractivity contribution in [3.05, 3.63) is 34.7 Å². The Balaban J connectivity index is 1.38. The molecule has 1 spiro atoms. The van der Waals surface area contributed by atoms with Gasteiger partial charge in [-0.1, -0.05) is 18.9 Å². The molecule has 154 valence electrons. The Bertz CT molecular complexity index is 927. The van der Waals surface area contributed by atoms with Crippen molar-refractivity contribution in [3.63, 3.8) is 0 Å². The van der Waals surface area contributed by atoms with Gasteiger partial charge in [0, 0.05) is 24.4 Å². The van der Waals surface area contributed by atoms with Gasteiger partial charge in [0.2, 0.25) is 5.91 Å². The van der Waals surface area contributed by atoms with Gasteiger partial charge in [0.05, 0.1) is 28.3 Å². The molecule has 2 aromatic heterocycles. The summed E-state index contributed by atoms with van der Waals surface area (Å²) in [5.41, 5.74) is 13.6. The van der Waals surface area contributed by atoms with Crippen molar-refractivity contribution in [3.8, 4) is 10.6 Å². The molecule has 6 nitrogen and oxygen atoms in total. The van der Waals surface area contributed by atoms with Crippen molar-refractivity contribution in [1.29, 1.82) is 0 Å². The van der Waals surface area contributed by atoms with Crippen LogP contribution in [-0.2, 0) is 21.6 Å². The van der Waals surface area contributed by atoms with Crippen LogP contribution in [0.2, 0.25) is 0 Å². The van der Waals surface area contributed by atoms with Crippen molar-refractivity contribution in [2.45, 2.75) is 56.1 Å². The van der Waals surface area contributed by atoms with E-state index in [-0.39, 0.29) is 11.5 Å². The zero-order valence-electron chi connectivity index (χ0n) is 16.7. The first-order valence-corrected chi connectivity index (χ1v) is 11.4. The molecule has 0 unspecified atom stereocenters. The van der Waals surface area contributed by atoms with E-state index in [2.05, 4.69) is 11.1 Å². The van der Waals surface area contributed by atoms with Gasteiger partial charge in [0.15, 0.2) is 0 Å². The van der Waals surface area contributed by atoms with Crippen LogP contribution in [0.25, 0.3) is 10.6 Å². The maximum atomic E-state index is 13.0. The van der Waals surface area contributed by atoms with E-state index in [4.69, 9.17) is 16.2 Å². The molecule has 1 saturated carbocycles. The van der Waals surface area contributed by atoms with Gasteiger partial charge in [0.25, 0.3) is 0 Å². The summed E-state index contributed by atoms with van der Waals surface area (Å²) in [5, 5.41) is 0. The van der Waals surface area contributed by atoms with Gasteiger partial charge in [-0.2, -0.15) is 0 Å². The van der Waals surface area contributed by atoms with Crippen LogP contribution in [0.3, 0.4) is 0 Å². The Morgan fingerprint density at radius 1 is 1.17 bits per heavy atom. The summed E-state index contributed by atoms with van der Waals surface area (Å²) in [5.74, 6) is 0.671. The van der Waals surface area contributed by atoms with E-state index in [0.717, 1.165) is 62.1 Å². The minimum absolute atomic E-state index is 0.135. The summed E-state index contributed by atoms with van der Waals surface area (Å²) >= 11 is 1.79. The van der Waals surface area contributed by atoms with E-state index in [1.807, 2.05) is 23.1 Å². The SMILES string of the molecule is Nc1cccc(-c2cc3c(s2)CCOC32CCN(C(=O)C3(N)CCCC3)CC2)n1. The Hall–Kier alpha value is -1.96. The fourth-order valence-corrected chi connectivity index (χ4v) is 6.35. The lowest BCUT2D eigenvalue weighted by molar-refractivity contribution is -0.145. The molecule has 4 N–H and O–H groups in total. The highest BCUT2D eigenvalue weighted by Crippen LogP contribution is 2.47. The van der Waals surface area contributed by atoms with Crippen LogP contribution >= 0.6 is 11.3 Å². The first-order chi connectivity index (χ1) is 14.0. The van der Waals surface area contributed by atoms with Crippen molar-refractivity contribution in [1.82, 2.24) is 9.88 Å². The number of piperidine rings is 1. The molecule has 7 heteroatoms. The average molecular weight is 413 g/mol. The summed E-state index contributed by atoms with van der Waals surface area (Å²) in [6, 6.07) is 7.99. The predicted octanol–water partition coefficient (Wildman–Crippen LogP) is 3.05. The van der Waals surface area contributed by atoms with E-state index in [1.165, 1.54) is 10.4 Å². The molecule has 5 rings (SSSR count). The number of rotatable bonds is 2. The van der Waals surface area contributed by atoms with Crippen LogP contribution in [0.4, 0.5) is 5.82 Å². The first kappa shape index (κ1) is 19.0. The molecular formula is C22H28N4O2S. The number of carbonyl (C=O) groups is 1. The summed E-state index contributed by atoms with van der Waals surface area (Å²) in [6.45, 7) is 2.14. The largest absolute Gasteiger partial charge is 0.384 e. The fraction of sp³-hybridized carbons (Fsp3) is 0.545. The number of likely N-dealkylation sites (tertiary alicyclic amines) is 1. The summed E-state index contributed by atoms with van der Waals surface area (Å²) in [6.07, 6.45) is 6.32. The lowest BCUT2D eigenvalue weighted by atomic mass is 9.81. The minimum atomic E-state index is -0.641. The standard InChI is InChI=1S/C22H28N4O2S/c23-19-5-3-4-16(25-19)18-14-15-17(29-18)6-13-28-22(15)9-11-26(12-10-22)20(27)21(24)7-1-2-8-21/h3-5,14H,1-2,6-13,24H2,(H2,23,25). The van der Waals surface area contributed by atoms with Crippen LogP contribution in [-0.4, -0.2) is 41.0 Å². The second-order valence-corrected chi connectivity index (χ2v) is 9.78. The molecule has 1 aliphatic carbocycles. The molecule has 2 aliphatic heterocycles. The lowest BCUT2D eigenvalue weighted by Gasteiger charge is -2.45. The van der Waals surface area contributed by atoms with Gasteiger partial charge in [-0.15, -0.1) is 11.3 Å². The van der Waals surface area contributed by atoms with E-state index < -0.39 is 5.54 Å². The number of hydrogen-bond donors (Lipinski definition) is 2. The Labute approximate surface area is 175 Å². The van der Waals surface area contributed by atoms with Crippen molar-refractivity contribution < 1.29 is 9.53 Å². The molecule has 1 amide bonds. The monoisotopic (exact) mass is 412 g/mol. The van der Waals surface area contributed by atoms with Crippen LogP contribution in [0.1, 0.15) is 49.0 Å².